The minimum Gasteiger partial charge on any atom is -0.388 e. The Hall–Kier alpha value is -2.43. The third kappa shape index (κ3) is 3.72. The molecule has 0 heterocycles. The zero-order valence-corrected chi connectivity index (χ0v) is 13.3. The number of hydrogen-bond donors (Lipinski definition) is 2. The Labute approximate surface area is 141 Å². The molecule has 0 fully saturated rings. The normalized spacial score (nSPS) is 20.8. The molecule has 4 heteroatoms. The number of aliphatic hydroxyl groups is 1. The molecular formula is C20H21NO3. The van der Waals surface area contributed by atoms with Gasteiger partial charge in [-0.3, -0.25) is 10.0 Å². The monoisotopic (exact) mass is 323 g/mol. The topological polar surface area (TPSA) is 60.8 Å². The summed E-state index contributed by atoms with van der Waals surface area (Å²) >= 11 is 0. The Morgan fingerprint density at radius 3 is 2.33 bits per heavy atom. The van der Waals surface area contributed by atoms with Crippen LogP contribution in [0, 0.1) is 5.92 Å². The fourth-order valence-corrected chi connectivity index (χ4v) is 3.06. The van der Waals surface area contributed by atoms with Crippen molar-refractivity contribution in [3.8, 4) is 0 Å². The third-order valence-corrected chi connectivity index (χ3v) is 4.41. The highest BCUT2D eigenvalue weighted by molar-refractivity contribution is 5.78. The van der Waals surface area contributed by atoms with Crippen LogP contribution in [0.2, 0.25) is 0 Å². The summed E-state index contributed by atoms with van der Waals surface area (Å²) < 4.78 is 0. The molecule has 0 spiro atoms. The second-order valence-corrected chi connectivity index (χ2v) is 6.11. The molecule has 0 bridgehead atoms. The second kappa shape index (κ2) is 7.43. The summed E-state index contributed by atoms with van der Waals surface area (Å²) in [6.45, 7) is 0. The minimum atomic E-state index is -0.634. The van der Waals surface area contributed by atoms with E-state index in [1.54, 1.807) is 6.08 Å². The van der Waals surface area contributed by atoms with Crippen LogP contribution in [0.15, 0.2) is 72.8 Å². The van der Waals surface area contributed by atoms with Gasteiger partial charge in [0.15, 0.2) is 0 Å². The first-order valence-electron chi connectivity index (χ1n) is 8.11. The number of hydroxylamine groups is 2. The lowest BCUT2D eigenvalue weighted by Gasteiger charge is -2.24. The maximum atomic E-state index is 12.2. The van der Waals surface area contributed by atoms with Crippen LogP contribution >= 0.6 is 0 Å². The van der Waals surface area contributed by atoms with Crippen LogP contribution in [0.1, 0.15) is 23.7 Å². The van der Waals surface area contributed by atoms with Crippen LogP contribution in [-0.4, -0.2) is 27.3 Å². The van der Waals surface area contributed by atoms with E-state index in [9.17, 15) is 15.1 Å². The van der Waals surface area contributed by atoms with Gasteiger partial charge in [-0.1, -0.05) is 72.8 Å². The largest absolute Gasteiger partial charge is 0.388 e. The summed E-state index contributed by atoms with van der Waals surface area (Å²) in [7, 11) is 0. The van der Waals surface area contributed by atoms with E-state index in [0.29, 0.717) is 6.42 Å². The van der Waals surface area contributed by atoms with Gasteiger partial charge in [-0.05, 0) is 17.5 Å². The number of nitrogens with zero attached hydrogens (tertiary/aromatic N) is 1. The minimum absolute atomic E-state index is 0.114. The van der Waals surface area contributed by atoms with Gasteiger partial charge in [0.2, 0.25) is 0 Å². The standard InChI is InChI=1S/C20H21NO3/c22-19(13-15-7-3-1-4-8-15)21(24)18-12-11-17(14-18)20(23)16-9-5-2-6-10-16/h1-12,17-18,20,23-24H,13-14H2/t17-,18+,20?/m1/s1. The molecule has 24 heavy (non-hydrogen) atoms. The molecule has 2 aromatic carbocycles. The van der Waals surface area contributed by atoms with E-state index in [2.05, 4.69) is 0 Å². The van der Waals surface area contributed by atoms with Crippen molar-refractivity contribution < 1.29 is 15.1 Å². The molecule has 3 rings (SSSR count). The Kier molecular flexibility index (Phi) is 5.08. The van der Waals surface area contributed by atoms with E-state index in [4.69, 9.17) is 0 Å². The Morgan fingerprint density at radius 2 is 1.67 bits per heavy atom. The van der Waals surface area contributed by atoms with Gasteiger partial charge in [0.25, 0.3) is 5.91 Å². The molecule has 0 saturated heterocycles. The molecule has 2 N–H and O–H groups in total. The van der Waals surface area contributed by atoms with Crippen molar-refractivity contribution >= 4 is 5.91 Å². The van der Waals surface area contributed by atoms with Gasteiger partial charge >= 0.3 is 0 Å². The van der Waals surface area contributed by atoms with Crippen LogP contribution in [-0.2, 0) is 11.2 Å². The summed E-state index contributed by atoms with van der Waals surface area (Å²) in [6, 6.07) is 18.4. The van der Waals surface area contributed by atoms with Crippen molar-refractivity contribution in [3.63, 3.8) is 0 Å². The SMILES string of the molecule is O=C(Cc1ccccc1)N(O)[C@H]1C=C[C@@H](C(O)c2ccccc2)C1. The number of amides is 1. The second-order valence-electron chi connectivity index (χ2n) is 6.11. The molecule has 124 valence electrons. The highest BCUT2D eigenvalue weighted by Crippen LogP contribution is 2.32. The lowest BCUT2D eigenvalue weighted by Crippen LogP contribution is -2.37. The van der Waals surface area contributed by atoms with Crippen molar-refractivity contribution in [1.82, 2.24) is 5.06 Å². The molecule has 1 aliphatic carbocycles. The fourth-order valence-electron chi connectivity index (χ4n) is 3.06. The molecule has 1 aliphatic rings. The lowest BCUT2D eigenvalue weighted by atomic mass is 9.94. The molecule has 0 aromatic heterocycles. The summed E-state index contributed by atoms with van der Waals surface area (Å²) in [6.07, 6.45) is 3.70. The van der Waals surface area contributed by atoms with E-state index < -0.39 is 12.1 Å². The fraction of sp³-hybridized carbons (Fsp3) is 0.250. The molecule has 1 amide bonds. The van der Waals surface area contributed by atoms with Gasteiger partial charge in [-0.15, -0.1) is 0 Å². The molecular weight excluding hydrogens is 302 g/mol. The highest BCUT2D eigenvalue weighted by Gasteiger charge is 2.31. The summed E-state index contributed by atoms with van der Waals surface area (Å²) in [5.41, 5.74) is 1.71. The molecule has 4 nitrogen and oxygen atoms in total. The Balaban J connectivity index is 1.59. The first-order valence-corrected chi connectivity index (χ1v) is 8.11. The van der Waals surface area contributed by atoms with Crippen LogP contribution < -0.4 is 0 Å². The van der Waals surface area contributed by atoms with Crippen molar-refractivity contribution in [3.05, 3.63) is 83.9 Å². The number of aliphatic hydroxyl groups excluding tert-OH is 1. The molecule has 2 aromatic rings. The summed E-state index contributed by atoms with van der Waals surface area (Å²) in [4.78, 5) is 12.2. The first-order chi connectivity index (χ1) is 11.6. The average molecular weight is 323 g/mol. The van der Waals surface area contributed by atoms with Gasteiger partial charge < -0.3 is 5.11 Å². The van der Waals surface area contributed by atoms with E-state index in [1.807, 2.05) is 66.7 Å². The van der Waals surface area contributed by atoms with Crippen molar-refractivity contribution in [2.24, 2.45) is 5.92 Å². The van der Waals surface area contributed by atoms with Crippen LogP contribution in [0.4, 0.5) is 0 Å². The van der Waals surface area contributed by atoms with E-state index >= 15 is 0 Å². The number of hydrogen-bond acceptors (Lipinski definition) is 3. The van der Waals surface area contributed by atoms with Crippen molar-refractivity contribution in [2.45, 2.75) is 25.0 Å². The quantitative estimate of drug-likeness (QED) is 0.505. The van der Waals surface area contributed by atoms with Crippen LogP contribution in [0.25, 0.3) is 0 Å². The van der Waals surface area contributed by atoms with Gasteiger partial charge in [0, 0.05) is 5.92 Å². The smallest absolute Gasteiger partial charge is 0.250 e. The van der Waals surface area contributed by atoms with Gasteiger partial charge in [0.1, 0.15) is 0 Å². The third-order valence-electron chi connectivity index (χ3n) is 4.41. The average Bonchev–Trinajstić information content (AvgIpc) is 3.12. The van der Waals surface area contributed by atoms with Crippen LogP contribution in [0.3, 0.4) is 0 Å². The number of carbonyl (C=O) groups excluding carboxylic acids is 1. The lowest BCUT2D eigenvalue weighted by molar-refractivity contribution is -0.171. The predicted molar refractivity (Wildman–Crippen MR) is 91.2 cm³/mol. The Bertz CT molecular complexity index is 699. The zero-order chi connectivity index (χ0) is 16.9. The Morgan fingerprint density at radius 1 is 1.04 bits per heavy atom. The van der Waals surface area contributed by atoms with Crippen molar-refractivity contribution in [1.29, 1.82) is 0 Å². The van der Waals surface area contributed by atoms with Crippen LogP contribution in [0.5, 0.6) is 0 Å². The first kappa shape index (κ1) is 16.4. The van der Waals surface area contributed by atoms with Crippen molar-refractivity contribution in [2.75, 3.05) is 0 Å². The van der Waals surface area contributed by atoms with Gasteiger partial charge in [-0.25, -0.2) is 5.06 Å². The van der Waals surface area contributed by atoms with E-state index in [-0.39, 0.29) is 18.2 Å². The van der Waals surface area contributed by atoms with E-state index in [1.165, 1.54) is 0 Å². The number of benzene rings is 2. The van der Waals surface area contributed by atoms with Gasteiger partial charge in [0.05, 0.1) is 18.6 Å². The molecule has 0 radical (unpaired) electrons. The predicted octanol–water partition coefficient (Wildman–Crippen LogP) is 3.13. The highest BCUT2D eigenvalue weighted by atomic mass is 16.5. The zero-order valence-electron chi connectivity index (χ0n) is 13.3. The van der Waals surface area contributed by atoms with E-state index in [0.717, 1.165) is 16.2 Å². The summed E-state index contributed by atoms with van der Waals surface area (Å²) in [5, 5.41) is 21.5. The molecule has 0 aliphatic heterocycles. The molecule has 0 saturated carbocycles. The molecule has 3 atom stereocenters. The molecule has 1 unspecified atom stereocenters. The van der Waals surface area contributed by atoms with Gasteiger partial charge in [-0.2, -0.15) is 0 Å². The number of rotatable bonds is 5. The summed E-state index contributed by atoms with van der Waals surface area (Å²) in [5.74, 6) is -0.456. The number of carbonyl (C=O) groups is 1. The maximum Gasteiger partial charge on any atom is 0.250 e. The maximum absolute atomic E-state index is 12.2.